The van der Waals surface area contributed by atoms with E-state index in [-0.39, 0.29) is 33.7 Å². The number of halogens is 6. The Morgan fingerprint density at radius 3 is 1.93 bits per heavy atom. The molecule has 4 nitrogen and oxygen atoms in total. The van der Waals surface area contributed by atoms with Gasteiger partial charge in [-0.05, 0) is 55.3 Å². The molecule has 0 radical (unpaired) electrons. The van der Waals surface area contributed by atoms with Crippen LogP contribution in [0.1, 0.15) is 17.5 Å². The van der Waals surface area contributed by atoms with Gasteiger partial charge in [-0.2, -0.15) is 13.2 Å². The fourth-order valence-electron chi connectivity index (χ4n) is 2.59. The summed E-state index contributed by atoms with van der Waals surface area (Å²) in [6.45, 7) is 1.47. The summed E-state index contributed by atoms with van der Waals surface area (Å²) < 4.78 is 39.0. The first kappa shape index (κ1) is 23.3. The zero-order valence-corrected chi connectivity index (χ0v) is 17.3. The molecule has 0 saturated heterocycles. The van der Waals surface area contributed by atoms with Crippen LogP contribution in [0.25, 0.3) is 0 Å². The molecule has 29 heavy (non-hydrogen) atoms. The maximum atomic E-state index is 13.0. The second-order valence-corrected chi connectivity index (χ2v) is 7.50. The summed E-state index contributed by atoms with van der Waals surface area (Å²) in [7, 11) is 0. The number of hydrogen-bond acceptors (Lipinski definition) is 2. The van der Waals surface area contributed by atoms with Crippen LogP contribution in [0.4, 0.5) is 24.5 Å². The molecule has 2 aromatic carbocycles. The topological polar surface area (TPSA) is 58.2 Å². The van der Waals surface area contributed by atoms with Gasteiger partial charge in [0.05, 0.1) is 5.56 Å². The van der Waals surface area contributed by atoms with Crippen LogP contribution < -0.4 is 10.6 Å². The Bertz CT molecular complexity index is 900. The lowest BCUT2D eigenvalue weighted by Gasteiger charge is -2.17. The van der Waals surface area contributed by atoms with Crippen LogP contribution in [-0.2, 0) is 15.8 Å². The number of nitrogens with one attached hydrogen (secondary N) is 2. The van der Waals surface area contributed by atoms with E-state index in [1.165, 1.54) is 31.2 Å². The number of carbonyl (C=O) groups is 2. The van der Waals surface area contributed by atoms with Crippen molar-refractivity contribution in [2.45, 2.75) is 19.5 Å². The van der Waals surface area contributed by atoms with Crippen molar-refractivity contribution in [2.75, 3.05) is 16.5 Å². The Labute approximate surface area is 180 Å². The summed E-state index contributed by atoms with van der Waals surface area (Å²) in [6.07, 6.45) is -4.59. The first-order valence-corrected chi connectivity index (χ1v) is 9.61. The van der Waals surface area contributed by atoms with Crippen molar-refractivity contribution in [2.24, 2.45) is 5.92 Å². The third kappa shape index (κ3) is 6.80. The Morgan fingerprint density at radius 2 is 1.45 bits per heavy atom. The molecule has 1 unspecified atom stereocenters. The molecule has 0 aliphatic heterocycles. The van der Waals surface area contributed by atoms with Gasteiger partial charge in [0.1, 0.15) is 5.92 Å². The van der Waals surface area contributed by atoms with Gasteiger partial charge in [-0.25, -0.2) is 0 Å². The first-order valence-electron chi connectivity index (χ1n) is 8.32. The van der Waals surface area contributed by atoms with Crippen molar-refractivity contribution in [1.29, 1.82) is 0 Å². The zero-order valence-electron chi connectivity index (χ0n) is 15.0. The van der Waals surface area contributed by atoms with E-state index >= 15 is 0 Å². The standard InChI is InChI=1S/C19H16Cl3F3N2O2/c1-10-4-11(19(23,24)25)6-14(5-10)26-17(28)16(2-3-20)18(29)27-15-8-12(21)7-13(22)9-15/h4-9,16H,2-3H2,1H3,(H,26,28)(H,27,29). The largest absolute Gasteiger partial charge is 0.416 e. The second-order valence-electron chi connectivity index (χ2n) is 6.25. The summed E-state index contributed by atoms with van der Waals surface area (Å²) >= 11 is 17.5. The van der Waals surface area contributed by atoms with Crippen molar-refractivity contribution in [1.82, 2.24) is 0 Å². The van der Waals surface area contributed by atoms with Crippen LogP contribution in [0.15, 0.2) is 36.4 Å². The highest BCUT2D eigenvalue weighted by Gasteiger charge is 2.32. The van der Waals surface area contributed by atoms with Crippen LogP contribution in [0.3, 0.4) is 0 Å². The number of alkyl halides is 4. The third-order valence-corrected chi connectivity index (χ3v) is 4.49. The Morgan fingerprint density at radius 1 is 0.931 bits per heavy atom. The number of amides is 2. The molecule has 2 aromatic rings. The lowest BCUT2D eigenvalue weighted by Crippen LogP contribution is -2.34. The minimum Gasteiger partial charge on any atom is -0.325 e. The number of rotatable bonds is 6. The van der Waals surface area contributed by atoms with Gasteiger partial charge in [-0.3, -0.25) is 9.59 Å². The van der Waals surface area contributed by atoms with Crippen LogP contribution in [0.5, 0.6) is 0 Å². The Kier molecular flexibility index (Phi) is 7.80. The monoisotopic (exact) mass is 466 g/mol. The molecule has 0 spiro atoms. The molecule has 0 bridgehead atoms. The molecular formula is C19H16Cl3F3N2O2. The molecule has 0 aliphatic rings. The normalized spacial score (nSPS) is 12.4. The second kappa shape index (κ2) is 9.69. The molecule has 0 aromatic heterocycles. The highest BCUT2D eigenvalue weighted by atomic mass is 35.5. The summed E-state index contributed by atoms with van der Waals surface area (Å²) in [4.78, 5) is 25.1. The summed E-state index contributed by atoms with van der Waals surface area (Å²) in [5.74, 6) is -2.72. The highest BCUT2D eigenvalue weighted by Crippen LogP contribution is 2.32. The smallest absolute Gasteiger partial charge is 0.325 e. The molecule has 0 saturated carbocycles. The predicted octanol–water partition coefficient (Wildman–Crippen LogP) is 6.14. The molecule has 2 N–H and O–H groups in total. The molecule has 2 amide bonds. The molecule has 2 rings (SSSR count). The van der Waals surface area contributed by atoms with Gasteiger partial charge < -0.3 is 10.6 Å². The van der Waals surface area contributed by atoms with Crippen molar-refractivity contribution in [3.8, 4) is 0 Å². The molecule has 0 heterocycles. The summed E-state index contributed by atoms with van der Waals surface area (Å²) in [6, 6.07) is 7.49. The van der Waals surface area contributed by atoms with Gasteiger partial charge in [0.15, 0.2) is 0 Å². The van der Waals surface area contributed by atoms with E-state index in [0.29, 0.717) is 5.56 Å². The lowest BCUT2D eigenvalue weighted by molar-refractivity contribution is -0.137. The zero-order chi connectivity index (χ0) is 21.8. The van der Waals surface area contributed by atoms with Gasteiger partial charge in [0, 0.05) is 27.3 Å². The van der Waals surface area contributed by atoms with E-state index < -0.39 is 29.5 Å². The molecule has 156 valence electrons. The van der Waals surface area contributed by atoms with Crippen LogP contribution in [0.2, 0.25) is 10.0 Å². The maximum absolute atomic E-state index is 13.0. The van der Waals surface area contributed by atoms with Crippen molar-refractivity contribution >= 4 is 58.0 Å². The van der Waals surface area contributed by atoms with Crippen LogP contribution in [0, 0.1) is 12.8 Å². The summed E-state index contributed by atoms with van der Waals surface area (Å²) in [5.41, 5.74) is -0.392. The van der Waals surface area contributed by atoms with E-state index in [1.54, 1.807) is 0 Å². The number of benzene rings is 2. The van der Waals surface area contributed by atoms with Gasteiger partial charge in [0.2, 0.25) is 11.8 Å². The average Bonchev–Trinajstić information content (AvgIpc) is 2.57. The third-order valence-electron chi connectivity index (χ3n) is 3.83. The molecule has 0 aliphatic carbocycles. The van der Waals surface area contributed by atoms with Gasteiger partial charge in [-0.15, -0.1) is 11.6 Å². The molecule has 0 fully saturated rings. The van der Waals surface area contributed by atoms with Gasteiger partial charge >= 0.3 is 6.18 Å². The number of anilines is 2. The number of carbonyl (C=O) groups excluding carboxylic acids is 2. The fourth-order valence-corrected chi connectivity index (χ4v) is 3.34. The van der Waals surface area contributed by atoms with E-state index in [2.05, 4.69) is 10.6 Å². The molecular weight excluding hydrogens is 452 g/mol. The van der Waals surface area contributed by atoms with Crippen molar-refractivity contribution in [3.63, 3.8) is 0 Å². The summed E-state index contributed by atoms with van der Waals surface area (Å²) in [5, 5.41) is 5.44. The fraction of sp³-hybridized carbons (Fsp3) is 0.263. The average molecular weight is 468 g/mol. The number of hydrogen-bond donors (Lipinski definition) is 2. The maximum Gasteiger partial charge on any atom is 0.416 e. The minimum atomic E-state index is -4.57. The van der Waals surface area contributed by atoms with Crippen molar-refractivity contribution in [3.05, 3.63) is 57.6 Å². The van der Waals surface area contributed by atoms with E-state index in [9.17, 15) is 22.8 Å². The van der Waals surface area contributed by atoms with Crippen LogP contribution in [-0.4, -0.2) is 17.7 Å². The van der Waals surface area contributed by atoms with E-state index in [4.69, 9.17) is 34.8 Å². The van der Waals surface area contributed by atoms with E-state index in [1.807, 2.05) is 0 Å². The highest BCUT2D eigenvalue weighted by molar-refractivity contribution is 6.35. The molecule has 1 atom stereocenters. The van der Waals surface area contributed by atoms with E-state index in [0.717, 1.165) is 12.1 Å². The Hall–Kier alpha value is -1.96. The minimum absolute atomic E-state index is 0.0105. The van der Waals surface area contributed by atoms with Gasteiger partial charge in [-0.1, -0.05) is 23.2 Å². The van der Waals surface area contributed by atoms with Crippen LogP contribution >= 0.6 is 34.8 Å². The predicted molar refractivity (Wildman–Crippen MR) is 109 cm³/mol. The SMILES string of the molecule is Cc1cc(NC(=O)C(CCCl)C(=O)Nc2cc(Cl)cc(Cl)c2)cc(C(F)(F)F)c1. The Balaban J connectivity index is 2.21. The van der Waals surface area contributed by atoms with Crippen molar-refractivity contribution < 1.29 is 22.8 Å². The molecule has 10 heteroatoms. The number of aryl methyl sites for hydroxylation is 1. The van der Waals surface area contributed by atoms with Gasteiger partial charge in [0.25, 0.3) is 0 Å². The first-order chi connectivity index (χ1) is 13.5. The lowest BCUT2D eigenvalue weighted by atomic mass is 10.0. The quantitative estimate of drug-likeness (QED) is 0.396.